The van der Waals surface area contributed by atoms with Gasteiger partial charge < -0.3 is 9.47 Å². The van der Waals surface area contributed by atoms with E-state index in [0.717, 1.165) is 0 Å². The first kappa shape index (κ1) is 17.3. The quantitative estimate of drug-likeness (QED) is 0.337. The summed E-state index contributed by atoms with van der Waals surface area (Å²) >= 11 is 0. The molecule has 6 nitrogen and oxygen atoms in total. The molecule has 0 aliphatic heterocycles. The summed E-state index contributed by atoms with van der Waals surface area (Å²) in [6.07, 6.45) is 0. The minimum Gasteiger partial charge on any atom is -0.497 e. The number of carbonyl (C=O) groups is 2. The van der Waals surface area contributed by atoms with E-state index < -0.39 is 17.8 Å². The molecule has 2 rings (SSSR count). The minimum absolute atomic E-state index is 0.159. The van der Waals surface area contributed by atoms with Crippen molar-refractivity contribution in [3.63, 3.8) is 0 Å². The number of carbonyl (C=O) groups excluding carboxylic acids is 2. The Hall–Kier alpha value is -3.02. The number of rotatable bonds is 7. The van der Waals surface area contributed by atoms with E-state index in [1.54, 1.807) is 55.5 Å². The summed E-state index contributed by atoms with van der Waals surface area (Å²) in [5.74, 6) is -0.584. The first-order valence-corrected chi connectivity index (χ1v) is 7.46. The van der Waals surface area contributed by atoms with Crippen LogP contribution < -0.4 is 4.74 Å². The van der Waals surface area contributed by atoms with Crippen LogP contribution in [0, 0.1) is 0 Å². The highest BCUT2D eigenvalue weighted by atomic mass is 16.5. The number of hydrogen-bond donors (Lipinski definition) is 0. The Bertz CT molecular complexity index is 712. The maximum atomic E-state index is 12.6. The molecule has 0 fully saturated rings. The first-order valence-electron chi connectivity index (χ1n) is 7.46. The molecular formula is C18H18N2O4. The van der Waals surface area contributed by atoms with Crippen LogP contribution in [-0.4, -0.2) is 31.5 Å². The second-order valence-electron chi connectivity index (χ2n) is 4.80. The fourth-order valence-electron chi connectivity index (χ4n) is 1.96. The number of methoxy groups -OCH3 is 1. The zero-order valence-electron chi connectivity index (χ0n) is 13.5. The van der Waals surface area contributed by atoms with Crippen LogP contribution in [0.5, 0.6) is 5.75 Å². The molecule has 0 bridgehead atoms. The third kappa shape index (κ3) is 4.49. The van der Waals surface area contributed by atoms with E-state index >= 15 is 0 Å². The van der Waals surface area contributed by atoms with Gasteiger partial charge in [0.05, 0.1) is 19.4 Å². The molecule has 124 valence electrons. The van der Waals surface area contributed by atoms with Crippen molar-refractivity contribution in [2.24, 2.45) is 10.2 Å². The standard InChI is InChI=1S/C18H18N2O4/c1-3-24-18(22)16(20-19-14-7-5-4-6-8-14)17(21)13-9-11-15(23-2)12-10-13/h4-12,16H,3H2,1-2H3. The normalized spacial score (nSPS) is 11.9. The average molecular weight is 326 g/mol. The number of Topliss-reactive ketones (excluding diaryl/α,β-unsaturated/α-hetero) is 1. The van der Waals surface area contributed by atoms with Crippen LogP contribution in [0.4, 0.5) is 5.69 Å². The van der Waals surface area contributed by atoms with Crippen molar-refractivity contribution in [2.45, 2.75) is 13.0 Å². The summed E-state index contributed by atoms with van der Waals surface area (Å²) in [5.41, 5.74) is 0.884. The molecule has 1 atom stereocenters. The molecule has 0 spiro atoms. The van der Waals surface area contributed by atoms with Crippen molar-refractivity contribution >= 4 is 17.4 Å². The molecule has 0 aliphatic carbocycles. The number of nitrogens with zero attached hydrogens (tertiary/aromatic N) is 2. The maximum Gasteiger partial charge on any atom is 0.341 e. The molecule has 0 saturated heterocycles. The van der Waals surface area contributed by atoms with Crippen molar-refractivity contribution in [2.75, 3.05) is 13.7 Å². The van der Waals surface area contributed by atoms with Crippen LogP contribution in [0.1, 0.15) is 17.3 Å². The van der Waals surface area contributed by atoms with Gasteiger partial charge in [-0.15, -0.1) is 0 Å². The van der Waals surface area contributed by atoms with Gasteiger partial charge in [-0.1, -0.05) is 18.2 Å². The van der Waals surface area contributed by atoms with E-state index in [1.807, 2.05) is 6.07 Å². The van der Waals surface area contributed by atoms with Gasteiger partial charge in [-0.25, -0.2) is 4.79 Å². The zero-order valence-corrected chi connectivity index (χ0v) is 13.5. The van der Waals surface area contributed by atoms with Crippen molar-refractivity contribution < 1.29 is 19.1 Å². The highest BCUT2D eigenvalue weighted by molar-refractivity contribution is 6.12. The molecule has 1 unspecified atom stereocenters. The molecule has 0 heterocycles. The summed E-state index contributed by atoms with van der Waals surface area (Å²) in [6.45, 7) is 1.83. The lowest BCUT2D eigenvalue weighted by Gasteiger charge is -2.10. The summed E-state index contributed by atoms with van der Waals surface area (Å²) in [6, 6.07) is 14.0. The van der Waals surface area contributed by atoms with Crippen molar-refractivity contribution in [1.82, 2.24) is 0 Å². The van der Waals surface area contributed by atoms with E-state index in [-0.39, 0.29) is 6.61 Å². The third-order valence-corrected chi connectivity index (χ3v) is 3.18. The molecule has 0 saturated carbocycles. The number of ketones is 1. The second kappa shape index (κ2) is 8.57. The van der Waals surface area contributed by atoms with Crippen LogP contribution in [0.15, 0.2) is 64.8 Å². The number of ether oxygens (including phenoxy) is 2. The fraction of sp³-hybridized carbons (Fsp3) is 0.222. The van der Waals surface area contributed by atoms with Crippen LogP contribution in [0.2, 0.25) is 0 Å². The summed E-state index contributed by atoms with van der Waals surface area (Å²) in [7, 11) is 1.53. The van der Waals surface area contributed by atoms with Crippen molar-refractivity contribution in [3.05, 3.63) is 60.2 Å². The number of azo groups is 1. The number of hydrogen-bond acceptors (Lipinski definition) is 6. The summed E-state index contributed by atoms with van der Waals surface area (Å²) in [4.78, 5) is 24.7. The van der Waals surface area contributed by atoms with E-state index in [2.05, 4.69) is 10.2 Å². The average Bonchev–Trinajstić information content (AvgIpc) is 2.63. The molecule has 0 amide bonds. The fourth-order valence-corrected chi connectivity index (χ4v) is 1.96. The SMILES string of the molecule is CCOC(=O)C(N=Nc1ccccc1)C(=O)c1ccc(OC)cc1. The van der Waals surface area contributed by atoms with Gasteiger partial charge in [-0.05, 0) is 43.3 Å². The molecule has 0 N–H and O–H groups in total. The minimum atomic E-state index is -1.33. The Labute approximate surface area is 140 Å². The van der Waals surface area contributed by atoms with Gasteiger partial charge in [0.1, 0.15) is 5.75 Å². The highest BCUT2D eigenvalue weighted by Crippen LogP contribution is 2.17. The highest BCUT2D eigenvalue weighted by Gasteiger charge is 2.29. The number of benzene rings is 2. The monoisotopic (exact) mass is 326 g/mol. The van der Waals surface area contributed by atoms with Crippen LogP contribution in [0.3, 0.4) is 0 Å². The molecule has 0 aromatic heterocycles. The van der Waals surface area contributed by atoms with Gasteiger partial charge in [-0.3, -0.25) is 4.79 Å². The Morgan fingerprint density at radius 3 is 2.29 bits per heavy atom. The second-order valence-corrected chi connectivity index (χ2v) is 4.80. The lowest BCUT2D eigenvalue weighted by Crippen LogP contribution is -2.30. The van der Waals surface area contributed by atoms with Gasteiger partial charge in [0, 0.05) is 5.56 Å². The predicted octanol–water partition coefficient (Wildman–Crippen LogP) is 3.59. The topological polar surface area (TPSA) is 77.3 Å². The van der Waals surface area contributed by atoms with Gasteiger partial charge in [-0.2, -0.15) is 10.2 Å². The van der Waals surface area contributed by atoms with Gasteiger partial charge in [0.15, 0.2) is 0 Å². The van der Waals surface area contributed by atoms with Crippen LogP contribution in [0.25, 0.3) is 0 Å². The molecule has 0 radical (unpaired) electrons. The lowest BCUT2D eigenvalue weighted by atomic mass is 10.0. The van der Waals surface area contributed by atoms with Crippen molar-refractivity contribution in [3.8, 4) is 5.75 Å². The third-order valence-electron chi connectivity index (χ3n) is 3.18. The Balaban J connectivity index is 2.25. The maximum absolute atomic E-state index is 12.6. The number of esters is 1. The Kier molecular flexibility index (Phi) is 6.19. The molecule has 2 aromatic carbocycles. The van der Waals surface area contributed by atoms with Crippen LogP contribution in [-0.2, 0) is 9.53 Å². The van der Waals surface area contributed by atoms with E-state index in [9.17, 15) is 9.59 Å². The lowest BCUT2D eigenvalue weighted by molar-refractivity contribution is -0.143. The Morgan fingerprint density at radius 2 is 1.71 bits per heavy atom. The largest absolute Gasteiger partial charge is 0.497 e. The summed E-state index contributed by atoms with van der Waals surface area (Å²) < 4.78 is 10.00. The van der Waals surface area contributed by atoms with E-state index in [0.29, 0.717) is 17.0 Å². The summed E-state index contributed by atoms with van der Waals surface area (Å²) in [5, 5.41) is 7.87. The van der Waals surface area contributed by atoms with Crippen molar-refractivity contribution in [1.29, 1.82) is 0 Å². The molecule has 6 heteroatoms. The Morgan fingerprint density at radius 1 is 1.04 bits per heavy atom. The first-order chi connectivity index (χ1) is 11.7. The molecule has 0 aliphatic rings. The predicted molar refractivity (Wildman–Crippen MR) is 88.7 cm³/mol. The molecular weight excluding hydrogens is 308 g/mol. The zero-order chi connectivity index (χ0) is 17.4. The van der Waals surface area contributed by atoms with E-state index in [4.69, 9.17) is 9.47 Å². The van der Waals surface area contributed by atoms with Gasteiger partial charge in [0.2, 0.25) is 11.8 Å². The van der Waals surface area contributed by atoms with Crippen LogP contribution >= 0.6 is 0 Å². The molecule has 2 aromatic rings. The van der Waals surface area contributed by atoms with Gasteiger partial charge >= 0.3 is 5.97 Å². The smallest absolute Gasteiger partial charge is 0.341 e. The van der Waals surface area contributed by atoms with E-state index in [1.165, 1.54) is 7.11 Å². The van der Waals surface area contributed by atoms with Gasteiger partial charge in [0.25, 0.3) is 0 Å². The molecule has 24 heavy (non-hydrogen) atoms.